The van der Waals surface area contributed by atoms with Gasteiger partial charge >= 0.3 is 0 Å². The summed E-state index contributed by atoms with van der Waals surface area (Å²) in [6.45, 7) is 0.673. The van der Waals surface area contributed by atoms with E-state index in [-0.39, 0.29) is 18.2 Å². The zero-order chi connectivity index (χ0) is 15.1. The van der Waals surface area contributed by atoms with E-state index in [4.69, 9.17) is 5.26 Å². The molecular formula is C15H15BrN4O. The van der Waals surface area contributed by atoms with E-state index in [2.05, 4.69) is 31.2 Å². The summed E-state index contributed by atoms with van der Waals surface area (Å²) in [5, 5.41) is 21.3. The Labute approximate surface area is 131 Å². The topological polar surface area (TPSA) is 81.8 Å². The lowest BCUT2D eigenvalue weighted by atomic mass is 10.0. The predicted molar refractivity (Wildman–Crippen MR) is 83.7 cm³/mol. The summed E-state index contributed by atoms with van der Waals surface area (Å²) in [6.07, 6.45) is 3.71. The van der Waals surface area contributed by atoms with Gasteiger partial charge in [-0.1, -0.05) is 28.1 Å². The minimum atomic E-state index is 0.0803. The Kier molecular flexibility index (Phi) is 5.67. The summed E-state index contributed by atoms with van der Waals surface area (Å²) in [5.74, 6) is 0.679. The van der Waals surface area contributed by atoms with Crippen molar-refractivity contribution in [3.8, 4) is 6.07 Å². The van der Waals surface area contributed by atoms with Gasteiger partial charge in [0.05, 0.1) is 12.4 Å². The summed E-state index contributed by atoms with van der Waals surface area (Å²) in [6, 6.07) is 9.96. The van der Waals surface area contributed by atoms with Crippen LogP contribution in [0, 0.1) is 17.2 Å². The van der Waals surface area contributed by atoms with Crippen molar-refractivity contribution in [1.29, 1.82) is 5.26 Å². The van der Waals surface area contributed by atoms with Crippen LogP contribution < -0.4 is 5.32 Å². The second-order valence-electron chi connectivity index (χ2n) is 4.66. The van der Waals surface area contributed by atoms with Gasteiger partial charge in [-0.15, -0.1) is 0 Å². The smallest absolute Gasteiger partial charge is 0.158 e. The maximum Gasteiger partial charge on any atom is 0.158 e. The first-order chi connectivity index (χ1) is 10.2. The first-order valence-corrected chi connectivity index (χ1v) is 7.32. The maximum absolute atomic E-state index is 9.49. The summed E-state index contributed by atoms with van der Waals surface area (Å²) in [7, 11) is 0. The van der Waals surface area contributed by atoms with E-state index in [1.165, 1.54) is 12.4 Å². The van der Waals surface area contributed by atoms with Crippen molar-refractivity contribution in [2.75, 3.05) is 18.5 Å². The van der Waals surface area contributed by atoms with Crippen molar-refractivity contribution in [2.24, 2.45) is 5.92 Å². The molecule has 0 spiro atoms. The van der Waals surface area contributed by atoms with Crippen LogP contribution in [-0.4, -0.2) is 28.2 Å². The molecule has 0 saturated carbocycles. The Bertz CT molecular complexity index is 624. The van der Waals surface area contributed by atoms with Crippen molar-refractivity contribution < 1.29 is 5.11 Å². The molecule has 0 radical (unpaired) electrons. The van der Waals surface area contributed by atoms with Gasteiger partial charge in [0.1, 0.15) is 11.9 Å². The van der Waals surface area contributed by atoms with E-state index in [0.717, 1.165) is 16.5 Å². The molecule has 1 aromatic heterocycles. The van der Waals surface area contributed by atoms with E-state index >= 15 is 0 Å². The summed E-state index contributed by atoms with van der Waals surface area (Å²) < 4.78 is 1.03. The Morgan fingerprint density at radius 2 is 2.19 bits per heavy atom. The zero-order valence-electron chi connectivity index (χ0n) is 11.3. The van der Waals surface area contributed by atoms with E-state index in [0.29, 0.717) is 12.4 Å². The fourth-order valence-electron chi connectivity index (χ4n) is 1.92. The number of nitrogens with one attached hydrogen (secondary N) is 1. The highest BCUT2D eigenvalue weighted by Gasteiger charge is 2.09. The van der Waals surface area contributed by atoms with Gasteiger partial charge in [-0.2, -0.15) is 5.26 Å². The van der Waals surface area contributed by atoms with Crippen LogP contribution in [0.25, 0.3) is 0 Å². The summed E-state index contributed by atoms with van der Waals surface area (Å²) >= 11 is 3.44. The number of aromatic nitrogens is 2. The van der Waals surface area contributed by atoms with Crippen LogP contribution in [0.1, 0.15) is 11.3 Å². The number of rotatable bonds is 6. The Balaban J connectivity index is 1.91. The SMILES string of the molecule is N#Cc1cnc(NC[C@H](CO)Cc2cccc(Br)c2)cn1. The normalized spacial score (nSPS) is 11.7. The molecule has 0 aliphatic heterocycles. The van der Waals surface area contributed by atoms with Crippen molar-refractivity contribution in [3.05, 3.63) is 52.4 Å². The molecular weight excluding hydrogens is 332 g/mol. The number of aliphatic hydroxyl groups excluding tert-OH is 1. The molecule has 2 aromatic rings. The maximum atomic E-state index is 9.49. The monoisotopic (exact) mass is 346 g/mol. The number of benzene rings is 1. The average molecular weight is 347 g/mol. The second kappa shape index (κ2) is 7.72. The first kappa shape index (κ1) is 15.4. The van der Waals surface area contributed by atoms with E-state index in [1.807, 2.05) is 30.3 Å². The number of anilines is 1. The number of aliphatic hydroxyl groups is 1. The van der Waals surface area contributed by atoms with Gasteiger partial charge in [0.2, 0.25) is 0 Å². The van der Waals surface area contributed by atoms with Crippen LogP contribution in [-0.2, 0) is 6.42 Å². The van der Waals surface area contributed by atoms with Crippen LogP contribution >= 0.6 is 15.9 Å². The highest BCUT2D eigenvalue weighted by Crippen LogP contribution is 2.15. The highest BCUT2D eigenvalue weighted by atomic mass is 79.9. The molecule has 0 amide bonds. The number of hydrogen-bond donors (Lipinski definition) is 2. The molecule has 0 saturated heterocycles. The molecule has 0 unspecified atom stereocenters. The van der Waals surface area contributed by atoms with Crippen LogP contribution in [0.4, 0.5) is 5.82 Å². The van der Waals surface area contributed by atoms with Gasteiger partial charge in [0.15, 0.2) is 5.69 Å². The molecule has 21 heavy (non-hydrogen) atoms. The van der Waals surface area contributed by atoms with Crippen molar-refractivity contribution in [1.82, 2.24) is 9.97 Å². The molecule has 5 nitrogen and oxygen atoms in total. The van der Waals surface area contributed by atoms with Crippen LogP contribution in [0.15, 0.2) is 41.1 Å². The van der Waals surface area contributed by atoms with E-state index in [9.17, 15) is 5.11 Å². The van der Waals surface area contributed by atoms with Gasteiger partial charge in [-0.25, -0.2) is 9.97 Å². The fourth-order valence-corrected chi connectivity index (χ4v) is 2.37. The minimum absolute atomic E-state index is 0.0803. The lowest BCUT2D eigenvalue weighted by Crippen LogP contribution is -2.20. The number of hydrogen-bond acceptors (Lipinski definition) is 5. The third-order valence-electron chi connectivity index (χ3n) is 3.01. The molecule has 0 aliphatic carbocycles. The molecule has 0 bridgehead atoms. The molecule has 2 N–H and O–H groups in total. The predicted octanol–water partition coefficient (Wildman–Crippen LogP) is 2.37. The standard InChI is InChI=1S/C15H15BrN4O/c16-13-3-1-2-11(5-13)4-12(10-21)7-19-15-9-18-14(6-17)8-20-15/h1-3,5,8-9,12,21H,4,7,10H2,(H,19,20)/t12-/m1/s1. The van der Waals surface area contributed by atoms with Crippen molar-refractivity contribution in [2.45, 2.75) is 6.42 Å². The zero-order valence-corrected chi connectivity index (χ0v) is 12.9. The van der Waals surface area contributed by atoms with Gasteiger partial charge in [-0.05, 0) is 24.1 Å². The lowest BCUT2D eigenvalue weighted by Gasteiger charge is -2.15. The average Bonchev–Trinajstić information content (AvgIpc) is 2.52. The molecule has 1 aromatic carbocycles. The number of nitrogens with zero attached hydrogens (tertiary/aromatic N) is 3. The largest absolute Gasteiger partial charge is 0.396 e. The molecule has 108 valence electrons. The van der Waals surface area contributed by atoms with E-state index in [1.54, 1.807) is 0 Å². The number of halogens is 1. The molecule has 1 heterocycles. The molecule has 0 aliphatic rings. The Hall–Kier alpha value is -1.97. The third-order valence-corrected chi connectivity index (χ3v) is 3.50. The Morgan fingerprint density at radius 3 is 2.81 bits per heavy atom. The van der Waals surface area contributed by atoms with Gasteiger partial charge in [0, 0.05) is 23.5 Å². The minimum Gasteiger partial charge on any atom is -0.396 e. The first-order valence-electron chi connectivity index (χ1n) is 6.52. The van der Waals surface area contributed by atoms with Crippen molar-refractivity contribution in [3.63, 3.8) is 0 Å². The van der Waals surface area contributed by atoms with Crippen LogP contribution in [0.3, 0.4) is 0 Å². The molecule has 2 rings (SSSR count). The van der Waals surface area contributed by atoms with Crippen LogP contribution in [0.2, 0.25) is 0 Å². The Morgan fingerprint density at radius 1 is 1.33 bits per heavy atom. The van der Waals surface area contributed by atoms with Crippen molar-refractivity contribution >= 4 is 21.7 Å². The quantitative estimate of drug-likeness (QED) is 0.838. The third kappa shape index (κ3) is 4.81. The molecule has 0 fully saturated rings. The number of nitriles is 1. The summed E-state index contributed by atoms with van der Waals surface area (Å²) in [4.78, 5) is 8.03. The van der Waals surface area contributed by atoms with Crippen LogP contribution in [0.5, 0.6) is 0 Å². The highest BCUT2D eigenvalue weighted by molar-refractivity contribution is 9.10. The van der Waals surface area contributed by atoms with E-state index < -0.39 is 0 Å². The second-order valence-corrected chi connectivity index (χ2v) is 5.58. The molecule has 1 atom stereocenters. The fraction of sp³-hybridized carbons (Fsp3) is 0.267. The van der Waals surface area contributed by atoms with Gasteiger partial charge < -0.3 is 10.4 Å². The van der Waals surface area contributed by atoms with Gasteiger partial charge in [-0.3, -0.25) is 0 Å². The van der Waals surface area contributed by atoms with Gasteiger partial charge in [0.25, 0.3) is 0 Å². The lowest BCUT2D eigenvalue weighted by molar-refractivity contribution is 0.232. The molecule has 6 heteroatoms. The summed E-state index contributed by atoms with van der Waals surface area (Å²) in [5.41, 5.74) is 1.45.